The fourth-order valence-corrected chi connectivity index (χ4v) is 3.19. The summed E-state index contributed by atoms with van der Waals surface area (Å²) in [5, 5.41) is 3.19. The number of halogens is 1. The van der Waals surface area contributed by atoms with Gasteiger partial charge in [-0.25, -0.2) is 4.98 Å². The maximum absolute atomic E-state index is 11.8. The number of hydrogen-bond acceptors (Lipinski definition) is 3. The molecule has 1 unspecified atom stereocenters. The minimum absolute atomic E-state index is 0.198. The Bertz CT molecular complexity index is 355. The smallest absolute Gasteiger partial charge is 0.223 e. The van der Waals surface area contributed by atoms with Gasteiger partial charge in [-0.15, -0.1) is 22.9 Å². The lowest BCUT2D eigenvalue weighted by atomic mass is 9.95. The van der Waals surface area contributed by atoms with Crippen LogP contribution in [0.1, 0.15) is 24.3 Å². The maximum Gasteiger partial charge on any atom is 0.223 e. The van der Waals surface area contributed by atoms with Crippen LogP contribution in [-0.4, -0.2) is 34.8 Å². The second-order valence-corrected chi connectivity index (χ2v) is 5.77. The van der Waals surface area contributed by atoms with Crippen molar-refractivity contribution in [3.63, 3.8) is 0 Å². The van der Waals surface area contributed by atoms with E-state index in [1.165, 1.54) is 11.4 Å². The van der Waals surface area contributed by atoms with Crippen molar-refractivity contribution in [2.75, 3.05) is 19.0 Å². The van der Waals surface area contributed by atoms with Crippen molar-refractivity contribution in [3.05, 3.63) is 16.6 Å². The molecule has 0 N–H and O–H groups in total. The zero-order valence-electron chi connectivity index (χ0n) is 9.77. The van der Waals surface area contributed by atoms with Gasteiger partial charge < -0.3 is 4.90 Å². The summed E-state index contributed by atoms with van der Waals surface area (Å²) in [6.45, 7) is 1.76. The van der Waals surface area contributed by atoms with Gasteiger partial charge in [-0.2, -0.15) is 0 Å². The van der Waals surface area contributed by atoms with E-state index in [-0.39, 0.29) is 5.91 Å². The summed E-state index contributed by atoms with van der Waals surface area (Å²) in [4.78, 5) is 18.0. The first kappa shape index (κ1) is 12.8. The molecular weight excluding hydrogens is 256 g/mol. The first-order chi connectivity index (χ1) is 8.29. The van der Waals surface area contributed by atoms with Crippen molar-refractivity contribution in [1.82, 2.24) is 9.88 Å². The zero-order chi connectivity index (χ0) is 12.1. The van der Waals surface area contributed by atoms with Gasteiger partial charge in [0.25, 0.3) is 0 Å². The molecule has 0 bridgehead atoms. The Balaban J connectivity index is 1.86. The molecule has 1 atom stereocenters. The highest BCUT2D eigenvalue weighted by Crippen LogP contribution is 2.22. The van der Waals surface area contributed by atoms with Gasteiger partial charge in [0, 0.05) is 43.4 Å². The Morgan fingerprint density at radius 2 is 2.53 bits per heavy atom. The van der Waals surface area contributed by atoms with E-state index in [2.05, 4.69) is 4.98 Å². The average Bonchev–Trinajstić information content (AvgIpc) is 2.82. The van der Waals surface area contributed by atoms with Crippen LogP contribution in [0.2, 0.25) is 0 Å². The topological polar surface area (TPSA) is 33.2 Å². The molecule has 3 nitrogen and oxygen atoms in total. The molecule has 1 aromatic heterocycles. The van der Waals surface area contributed by atoms with Gasteiger partial charge in [0.05, 0.1) is 5.01 Å². The second kappa shape index (κ2) is 6.36. The zero-order valence-corrected chi connectivity index (χ0v) is 11.3. The molecule has 1 saturated heterocycles. The number of hydrogen-bond donors (Lipinski definition) is 0. The van der Waals surface area contributed by atoms with Crippen LogP contribution in [-0.2, 0) is 11.2 Å². The molecule has 1 fully saturated rings. The molecule has 94 valence electrons. The molecule has 1 aliphatic heterocycles. The summed E-state index contributed by atoms with van der Waals surface area (Å²) in [5.41, 5.74) is 0. The predicted molar refractivity (Wildman–Crippen MR) is 70.5 cm³/mol. The summed E-state index contributed by atoms with van der Waals surface area (Å²) in [6, 6.07) is 0. The van der Waals surface area contributed by atoms with E-state index < -0.39 is 0 Å². The van der Waals surface area contributed by atoms with Gasteiger partial charge in [0.2, 0.25) is 5.91 Å². The standard InChI is InChI=1S/C12H17ClN2OS/c13-4-3-12(16)15-6-1-2-10(9-15)8-11-14-5-7-17-11/h5,7,10H,1-4,6,8-9H2. The van der Waals surface area contributed by atoms with Crippen LogP contribution in [0.5, 0.6) is 0 Å². The summed E-state index contributed by atoms with van der Waals surface area (Å²) in [6.07, 6.45) is 5.61. The van der Waals surface area contributed by atoms with Crippen LogP contribution in [0, 0.1) is 5.92 Å². The number of carbonyl (C=O) groups is 1. The van der Waals surface area contributed by atoms with Crippen molar-refractivity contribution in [2.24, 2.45) is 5.92 Å². The Kier molecular flexibility index (Phi) is 4.80. The maximum atomic E-state index is 11.8. The number of amides is 1. The fourth-order valence-electron chi connectivity index (χ4n) is 2.30. The summed E-state index contributed by atoms with van der Waals surface area (Å²) in [7, 11) is 0. The summed E-state index contributed by atoms with van der Waals surface area (Å²) < 4.78 is 0. The van der Waals surface area contributed by atoms with E-state index in [0.717, 1.165) is 25.9 Å². The molecule has 0 aromatic carbocycles. The van der Waals surface area contributed by atoms with Crippen LogP contribution < -0.4 is 0 Å². The Labute approximate surface area is 111 Å². The Hall–Kier alpha value is -0.610. The van der Waals surface area contributed by atoms with Crippen LogP contribution in [0.15, 0.2) is 11.6 Å². The number of piperidine rings is 1. The molecule has 0 saturated carbocycles. The molecule has 1 aromatic rings. The Morgan fingerprint density at radius 3 is 3.24 bits per heavy atom. The van der Waals surface area contributed by atoms with Gasteiger partial charge in [0.1, 0.15) is 0 Å². The van der Waals surface area contributed by atoms with Crippen LogP contribution in [0.25, 0.3) is 0 Å². The second-order valence-electron chi connectivity index (χ2n) is 4.42. The number of alkyl halides is 1. The molecule has 1 aliphatic rings. The van der Waals surface area contributed by atoms with Gasteiger partial charge in [-0.3, -0.25) is 4.79 Å². The number of carbonyl (C=O) groups excluding carboxylic acids is 1. The third kappa shape index (κ3) is 3.68. The molecule has 1 amide bonds. The number of nitrogens with zero attached hydrogens (tertiary/aromatic N) is 2. The average molecular weight is 273 g/mol. The van der Waals surface area contributed by atoms with E-state index in [4.69, 9.17) is 11.6 Å². The molecule has 2 heterocycles. The fraction of sp³-hybridized carbons (Fsp3) is 0.667. The number of thiazole rings is 1. The predicted octanol–water partition coefficient (Wildman–Crippen LogP) is 2.55. The van der Waals surface area contributed by atoms with Crippen molar-refractivity contribution in [1.29, 1.82) is 0 Å². The van der Waals surface area contributed by atoms with E-state index in [1.807, 2.05) is 16.5 Å². The van der Waals surface area contributed by atoms with E-state index in [1.54, 1.807) is 11.3 Å². The first-order valence-corrected chi connectivity index (χ1v) is 7.43. The highest BCUT2D eigenvalue weighted by atomic mass is 35.5. The molecule has 17 heavy (non-hydrogen) atoms. The van der Waals surface area contributed by atoms with Crippen molar-refractivity contribution in [2.45, 2.75) is 25.7 Å². The molecule has 0 radical (unpaired) electrons. The van der Waals surface area contributed by atoms with Crippen molar-refractivity contribution >= 4 is 28.8 Å². The highest BCUT2D eigenvalue weighted by Gasteiger charge is 2.23. The largest absolute Gasteiger partial charge is 0.342 e. The van der Waals surface area contributed by atoms with Crippen molar-refractivity contribution in [3.8, 4) is 0 Å². The first-order valence-electron chi connectivity index (χ1n) is 6.01. The van der Waals surface area contributed by atoms with Gasteiger partial charge in [0.15, 0.2) is 0 Å². The lowest BCUT2D eigenvalue weighted by molar-refractivity contribution is -0.132. The van der Waals surface area contributed by atoms with Gasteiger partial charge in [-0.05, 0) is 18.8 Å². The lowest BCUT2D eigenvalue weighted by Gasteiger charge is -2.32. The monoisotopic (exact) mass is 272 g/mol. The minimum Gasteiger partial charge on any atom is -0.342 e. The van der Waals surface area contributed by atoms with Crippen LogP contribution in [0.4, 0.5) is 0 Å². The molecule has 0 aliphatic carbocycles. The third-order valence-corrected chi connectivity index (χ3v) is 4.12. The summed E-state index contributed by atoms with van der Waals surface area (Å²) >= 11 is 7.31. The Morgan fingerprint density at radius 1 is 1.65 bits per heavy atom. The van der Waals surface area contributed by atoms with Crippen LogP contribution >= 0.6 is 22.9 Å². The summed E-state index contributed by atoms with van der Waals surface area (Å²) in [5.74, 6) is 1.19. The van der Waals surface area contributed by atoms with E-state index in [9.17, 15) is 4.79 Å². The quantitative estimate of drug-likeness (QED) is 0.790. The molecular formula is C12H17ClN2OS. The SMILES string of the molecule is O=C(CCCl)N1CCCC(Cc2nccs2)C1. The van der Waals surface area contributed by atoms with Gasteiger partial charge >= 0.3 is 0 Å². The number of aromatic nitrogens is 1. The van der Waals surface area contributed by atoms with Gasteiger partial charge in [-0.1, -0.05) is 0 Å². The third-order valence-electron chi connectivity index (χ3n) is 3.13. The molecule has 2 rings (SSSR count). The minimum atomic E-state index is 0.198. The lowest BCUT2D eigenvalue weighted by Crippen LogP contribution is -2.40. The molecule has 0 spiro atoms. The van der Waals surface area contributed by atoms with E-state index >= 15 is 0 Å². The van der Waals surface area contributed by atoms with E-state index in [0.29, 0.717) is 18.2 Å². The van der Waals surface area contributed by atoms with Crippen LogP contribution in [0.3, 0.4) is 0 Å². The number of likely N-dealkylation sites (tertiary alicyclic amines) is 1. The number of rotatable bonds is 4. The molecule has 5 heteroatoms. The van der Waals surface area contributed by atoms with Crippen molar-refractivity contribution < 1.29 is 4.79 Å². The highest BCUT2D eigenvalue weighted by molar-refractivity contribution is 7.09. The normalized spacial score (nSPS) is 20.5.